The average Bonchev–Trinajstić information content (AvgIpc) is 2.87. The van der Waals surface area contributed by atoms with E-state index < -0.39 is 0 Å². The van der Waals surface area contributed by atoms with Crippen LogP contribution in [0.15, 0.2) is 22.7 Å². The third-order valence-electron chi connectivity index (χ3n) is 3.85. The molecular formula is C16H22N2O3. The number of methoxy groups -OCH3 is 2. The quantitative estimate of drug-likeness (QED) is 0.909. The van der Waals surface area contributed by atoms with Crippen molar-refractivity contribution < 1.29 is 14.0 Å². The molecule has 0 saturated heterocycles. The summed E-state index contributed by atoms with van der Waals surface area (Å²) in [6, 6.07) is 5.67. The number of hydrogen-bond acceptors (Lipinski definition) is 5. The van der Waals surface area contributed by atoms with E-state index in [0.29, 0.717) is 23.3 Å². The van der Waals surface area contributed by atoms with Gasteiger partial charge in [-0.05, 0) is 23.6 Å². The van der Waals surface area contributed by atoms with Crippen LogP contribution in [0.3, 0.4) is 0 Å². The Labute approximate surface area is 125 Å². The van der Waals surface area contributed by atoms with E-state index in [1.807, 2.05) is 18.2 Å². The van der Waals surface area contributed by atoms with E-state index in [-0.39, 0.29) is 5.92 Å². The standard InChI is InChI=1S/C16H22N2O3/c1-9(2)10(3)15-14(16(17)21-18-15)11-6-7-12(19-4)13(8-11)20-5/h6-10H,17H2,1-5H3. The molecule has 0 saturated carbocycles. The van der Waals surface area contributed by atoms with Crippen molar-refractivity contribution in [1.29, 1.82) is 0 Å². The zero-order chi connectivity index (χ0) is 15.6. The molecule has 1 unspecified atom stereocenters. The van der Waals surface area contributed by atoms with Gasteiger partial charge in [0.15, 0.2) is 11.5 Å². The van der Waals surface area contributed by atoms with Gasteiger partial charge in [-0.1, -0.05) is 32.0 Å². The molecule has 1 aromatic heterocycles. The summed E-state index contributed by atoms with van der Waals surface area (Å²) in [6.07, 6.45) is 0. The lowest BCUT2D eigenvalue weighted by Gasteiger charge is -2.15. The van der Waals surface area contributed by atoms with Gasteiger partial charge in [0.25, 0.3) is 0 Å². The van der Waals surface area contributed by atoms with Crippen LogP contribution < -0.4 is 15.2 Å². The maximum Gasteiger partial charge on any atom is 0.230 e. The first-order chi connectivity index (χ1) is 9.99. The highest BCUT2D eigenvalue weighted by molar-refractivity contribution is 5.77. The number of anilines is 1. The van der Waals surface area contributed by atoms with Gasteiger partial charge in [0, 0.05) is 5.92 Å². The van der Waals surface area contributed by atoms with Gasteiger partial charge in [-0.15, -0.1) is 0 Å². The SMILES string of the molecule is COc1ccc(-c2c(C(C)C(C)C)noc2N)cc1OC. The predicted octanol–water partition coefficient (Wildman–Crippen LogP) is 3.70. The van der Waals surface area contributed by atoms with Crippen LogP contribution in [-0.2, 0) is 0 Å². The molecule has 1 atom stereocenters. The van der Waals surface area contributed by atoms with Crippen LogP contribution in [0.25, 0.3) is 11.1 Å². The van der Waals surface area contributed by atoms with Crippen molar-refractivity contribution >= 4 is 5.88 Å². The third-order valence-corrected chi connectivity index (χ3v) is 3.85. The first-order valence-electron chi connectivity index (χ1n) is 6.97. The van der Waals surface area contributed by atoms with Crippen LogP contribution in [0, 0.1) is 5.92 Å². The Morgan fingerprint density at radius 1 is 1.10 bits per heavy atom. The van der Waals surface area contributed by atoms with Gasteiger partial charge < -0.3 is 19.7 Å². The lowest BCUT2D eigenvalue weighted by molar-refractivity contribution is 0.355. The van der Waals surface area contributed by atoms with Crippen LogP contribution in [0.1, 0.15) is 32.4 Å². The van der Waals surface area contributed by atoms with E-state index in [1.165, 1.54) is 0 Å². The molecule has 5 heteroatoms. The Balaban J connectivity index is 2.54. The molecule has 2 rings (SSSR count). The summed E-state index contributed by atoms with van der Waals surface area (Å²) < 4.78 is 15.8. The Morgan fingerprint density at radius 2 is 1.76 bits per heavy atom. The Morgan fingerprint density at radius 3 is 2.33 bits per heavy atom. The van der Waals surface area contributed by atoms with Crippen molar-refractivity contribution in [1.82, 2.24) is 5.16 Å². The van der Waals surface area contributed by atoms with E-state index in [2.05, 4.69) is 25.9 Å². The van der Waals surface area contributed by atoms with Crippen molar-refractivity contribution in [2.45, 2.75) is 26.7 Å². The number of benzene rings is 1. The zero-order valence-electron chi connectivity index (χ0n) is 13.1. The van der Waals surface area contributed by atoms with E-state index in [4.69, 9.17) is 19.7 Å². The van der Waals surface area contributed by atoms with Gasteiger partial charge in [-0.25, -0.2) is 0 Å². The number of nitrogens with zero attached hydrogens (tertiary/aromatic N) is 1. The maximum absolute atomic E-state index is 5.97. The van der Waals surface area contributed by atoms with Gasteiger partial charge in [0.2, 0.25) is 5.88 Å². The van der Waals surface area contributed by atoms with Crippen LogP contribution >= 0.6 is 0 Å². The van der Waals surface area contributed by atoms with Gasteiger partial charge in [0.1, 0.15) is 0 Å². The van der Waals surface area contributed by atoms with Crippen molar-refractivity contribution in [2.75, 3.05) is 20.0 Å². The molecule has 0 amide bonds. The molecule has 1 aromatic carbocycles. The van der Waals surface area contributed by atoms with Gasteiger partial charge in [-0.3, -0.25) is 0 Å². The minimum Gasteiger partial charge on any atom is -0.493 e. The fourth-order valence-corrected chi connectivity index (χ4v) is 2.22. The molecule has 0 spiro atoms. The number of hydrogen-bond donors (Lipinski definition) is 1. The summed E-state index contributed by atoms with van der Waals surface area (Å²) in [5, 5.41) is 4.14. The zero-order valence-corrected chi connectivity index (χ0v) is 13.1. The highest BCUT2D eigenvalue weighted by Crippen LogP contribution is 2.39. The molecule has 0 radical (unpaired) electrons. The monoisotopic (exact) mass is 290 g/mol. The van der Waals surface area contributed by atoms with Crippen molar-refractivity contribution in [3.63, 3.8) is 0 Å². The minimum atomic E-state index is 0.245. The van der Waals surface area contributed by atoms with E-state index >= 15 is 0 Å². The largest absolute Gasteiger partial charge is 0.493 e. The van der Waals surface area contributed by atoms with Crippen molar-refractivity contribution in [3.05, 3.63) is 23.9 Å². The molecule has 2 aromatic rings. The molecule has 5 nitrogen and oxygen atoms in total. The average molecular weight is 290 g/mol. The normalized spacial score (nSPS) is 12.5. The topological polar surface area (TPSA) is 70.5 Å². The number of ether oxygens (including phenoxy) is 2. The Hall–Kier alpha value is -2.17. The number of rotatable bonds is 5. The van der Waals surface area contributed by atoms with Crippen LogP contribution in [0.2, 0.25) is 0 Å². The summed E-state index contributed by atoms with van der Waals surface area (Å²) in [4.78, 5) is 0. The van der Waals surface area contributed by atoms with E-state index in [0.717, 1.165) is 16.8 Å². The van der Waals surface area contributed by atoms with Crippen LogP contribution in [0.5, 0.6) is 11.5 Å². The molecular weight excluding hydrogens is 268 g/mol. The maximum atomic E-state index is 5.97. The summed E-state index contributed by atoms with van der Waals surface area (Å²) in [5.41, 5.74) is 8.58. The number of nitrogen functional groups attached to an aromatic ring is 1. The summed E-state index contributed by atoms with van der Waals surface area (Å²) >= 11 is 0. The molecule has 0 aliphatic rings. The van der Waals surface area contributed by atoms with Crippen LogP contribution in [0.4, 0.5) is 5.88 Å². The van der Waals surface area contributed by atoms with Gasteiger partial charge in [-0.2, -0.15) is 0 Å². The van der Waals surface area contributed by atoms with E-state index in [1.54, 1.807) is 14.2 Å². The predicted molar refractivity (Wildman–Crippen MR) is 82.7 cm³/mol. The summed E-state index contributed by atoms with van der Waals surface area (Å²) in [7, 11) is 3.22. The molecule has 2 N–H and O–H groups in total. The highest BCUT2D eigenvalue weighted by atomic mass is 16.5. The Kier molecular flexibility index (Phi) is 4.40. The van der Waals surface area contributed by atoms with Crippen molar-refractivity contribution in [2.24, 2.45) is 5.92 Å². The summed E-state index contributed by atoms with van der Waals surface area (Å²) in [6.45, 7) is 6.41. The first-order valence-corrected chi connectivity index (χ1v) is 6.97. The minimum absolute atomic E-state index is 0.245. The lowest BCUT2D eigenvalue weighted by Crippen LogP contribution is -2.04. The smallest absolute Gasteiger partial charge is 0.230 e. The highest BCUT2D eigenvalue weighted by Gasteiger charge is 2.23. The molecule has 114 valence electrons. The fourth-order valence-electron chi connectivity index (χ4n) is 2.22. The number of aromatic nitrogens is 1. The number of nitrogens with two attached hydrogens (primary N) is 1. The van der Waals surface area contributed by atoms with Gasteiger partial charge in [0.05, 0.1) is 25.5 Å². The molecule has 21 heavy (non-hydrogen) atoms. The third kappa shape index (κ3) is 2.82. The molecule has 0 aliphatic heterocycles. The first kappa shape index (κ1) is 15.2. The van der Waals surface area contributed by atoms with E-state index in [9.17, 15) is 0 Å². The molecule has 0 fully saturated rings. The second-order valence-corrected chi connectivity index (χ2v) is 5.41. The Bertz CT molecular complexity index is 620. The molecule has 0 bridgehead atoms. The lowest BCUT2D eigenvalue weighted by atomic mass is 9.90. The second-order valence-electron chi connectivity index (χ2n) is 5.41. The van der Waals surface area contributed by atoms with Gasteiger partial charge >= 0.3 is 0 Å². The fraction of sp³-hybridized carbons (Fsp3) is 0.438. The second kappa shape index (κ2) is 6.08. The molecule has 0 aliphatic carbocycles. The van der Waals surface area contributed by atoms with Crippen LogP contribution in [-0.4, -0.2) is 19.4 Å². The molecule has 1 heterocycles. The van der Waals surface area contributed by atoms with Crippen molar-refractivity contribution in [3.8, 4) is 22.6 Å². The summed E-state index contributed by atoms with van der Waals surface area (Å²) in [5.74, 6) is 2.33.